The maximum Gasteiger partial charge on any atom is 0.411 e. The number of hydrogen-bond acceptors (Lipinski definition) is 5. The maximum absolute atomic E-state index is 13.1. The molecule has 0 radical (unpaired) electrons. The first-order chi connectivity index (χ1) is 15.4. The second-order valence-electron chi connectivity index (χ2n) is 7.95. The number of rotatable bonds is 6. The number of ketones is 1. The van der Waals surface area contributed by atoms with Crippen molar-refractivity contribution in [2.24, 2.45) is 0 Å². The Bertz CT molecular complexity index is 1180. The highest BCUT2D eigenvalue weighted by Crippen LogP contribution is 2.35. The van der Waals surface area contributed by atoms with E-state index in [0.717, 1.165) is 5.56 Å². The van der Waals surface area contributed by atoms with Crippen molar-refractivity contribution in [2.45, 2.75) is 31.4 Å². The predicted octanol–water partition coefficient (Wildman–Crippen LogP) is 4.37. The van der Waals surface area contributed by atoms with Crippen LogP contribution >= 0.6 is 0 Å². The number of benzene rings is 3. The molecule has 0 spiro atoms. The van der Waals surface area contributed by atoms with Crippen LogP contribution in [0, 0.1) is 0 Å². The van der Waals surface area contributed by atoms with Crippen LogP contribution in [0.4, 0.5) is 4.79 Å². The van der Waals surface area contributed by atoms with Gasteiger partial charge in [-0.25, -0.2) is 9.59 Å². The highest BCUT2D eigenvalue weighted by atomic mass is 16.6. The molecule has 2 N–H and O–H groups in total. The van der Waals surface area contributed by atoms with Crippen LogP contribution in [0.5, 0.6) is 5.75 Å². The summed E-state index contributed by atoms with van der Waals surface area (Å²) in [4.78, 5) is 39.3. The Kier molecular flexibility index (Phi) is 5.81. The third-order valence-electron chi connectivity index (χ3n) is 5.94. The standard InChI is InChI=1S/C25H23NO6/c27-21-9-4-8-18-14-19(10-11-20(18)21)22(28)15-25(23(29)30)12-5-13-26(25)24(31)32-16-17-6-2-1-3-7-17/h1-4,6-11,14,27H,5,12-13,15-16H2,(H,29,30)/t25-/m0/s1. The van der Waals surface area contributed by atoms with Gasteiger partial charge in [-0.15, -0.1) is 0 Å². The number of amides is 1. The van der Waals surface area contributed by atoms with Crippen molar-refractivity contribution in [2.75, 3.05) is 6.54 Å². The first-order valence-corrected chi connectivity index (χ1v) is 10.4. The molecule has 0 bridgehead atoms. The largest absolute Gasteiger partial charge is 0.507 e. The summed E-state index contributed by atoms with van der Waals surface area (Å²) in [6.07, 6.45) is -0.466. The lowest BCUT2D eigenvalue weighted by molar-refractivity contribution is -0.148. The van der Waals surface area contributed by atoms with Crippen LogP contribution in [0.15, 0.2) is 66.7 Å². The fourth-order valence-electron chi connectivity index (χ4n) is 4.23. The molecule has 1 fully saturated rings. The van der Waals surface area contributed by atoms with Gasteiger partial charge in [0.25, 0.3) is 0 Å². The molecular weight excluding hydrogens is 410 g/mol. The zero-order chi connectivity index (χ0) is 22.7. The number of ether oxygens (including phenoxy) is 1. The van der Waals surface area contributed by atoms with Gasteiger partial charge < -0.3 is 14.9 Å². The second kappa shape index (κ2) is 8.70. The summed E-state index contributed by atoms with van der Waals surface area (Å²) in [6.45, 7) is 0.229. The predicted molar refractivity (Wildman–Crippen MR) is 117 cm³/mol. The highest BCUT2D eigenvalue weighted by Gasteiger charge is 2.52. The quantitative estimate of drug-likeness (QED) is 0.559. The van der Waals surface area contributed by atoms with Gasteiger partial charge in [0.15, 0.2) is 11.3 Å². The average Bonchev–Trinajstić information content (AvgIpc) is 3.23. The van der Waals surface area contributed by atoms with Crippen LogP contribution < -0.4 is 0 Å². The zero-order valence-corrected chi connectivity index (χ0v) is 17.4. The van der Waals surface area contributed by atoms with Crippen molar-refractivity contribution >= 4 is 28.6 Å². The van der Waals surface area contributed by atoms with Crippen LogP contribution in [-0.2, 0) is 16.1 Å². The molecule has 0 saturated carbocycles. The molecule has 1 atom stereocenters. The number of Topliss-reactive ketones (excluding diaryl/α,β-unsaturated/α-hetero) is 1. The Balaban J connectivity index is 1.55. The van der Waals surface area contributed by atoms with E-state index in [9.17, 15) is 24.6 Å². The van der Waals surface area contributed by atoms with Crippen LogP contribution in [-0.4, -0.2) is 45.0 Å². The van der Waals surface area contributed by atoms with Gasteiger partial charge in [0.2, 0.25) is 0 Å². The fourth-order valence-corrected chi connectivity index (χ4v) is 4.23. The molecule has 1 aliphatic rings. The van der Waals surface area contributed by atoms with Crippen molar-refractivity contribution in [1.82, 2.24) is 4.90 Å². The normalized spacial score (nSPS) is 17.9. The molecule has 32 heavy (non-hydrogen) atoms. The summed E-state index contributed by atoms with van der Waals surface area (Å²) in [6, 6.07) is 18.9. The van der Waals surface area contributed by atoms with Gasteiger partial charge in [0.05, 0.1) is 0 Å². The molecule has 0 unspecified atom stereocenters. The number of carbonyl (C=O) groups excluding carboxylic acids is 2. The molecule has 1 saturated heterocycles. The topological polar surface area (TPSA) is 104 Å². The number of carboxylic acid groups (broad SMARTS) is 1. The van der Waals surface area contributed by atoms with E-state index in [1.54, 1.807) is 36.4 Å². The van der Waals surface area contributed by atoms with Crippen LogP contribution in [0.1, 0.15) is 35.2 Å². The van der Waals surface area contributed by atoms with Crippen molar-refractivity contribution < 1.29 is 29.3 Å². The van der Waals surface area contributed by atoms with E-state index in [-0.39, 0.29) is 37.5 Å². The molecule has 0 aliphatic carbocycles. The molecular formula is C25H23NO6. The fraction of sp³-hybridized carbons (Fsp3) is 0.240. The minimum Gasteiger partial charge on any atom is -0.507 e. The number of likely N-dealkylation sites (tertiary alicyclic amines) is 1. The third kappa shape index (κ3) is 4.01. The molecule has 1 amide bonds. The first-order valence-electron chi connectivity index (χ1n) is 10.4. The lowest BCUT2D eigenvalue weighted by Gasteiger charge is -2.33. The van der Waals surface area contributed by atoms with Crippen molar-refractivity contribution in [3.8, 4) is 5.75 Å². The zero-order valence-electron chi connectivity index (χ0n) is 17.4. The number of fused-ring (bicyclic) bond motifs is 1. The van der Waals surface area contributed by atoms with Gasteiger partial charge >= 0.3 is 12.1 Å². The summed E-state index contributed by atoms with van der Waals surface area (Å²) in [5, 5.41) is 21.3. The van der Waals surface area contributed by atoms with E-state index in [2.05, 4.69) is 0 Å². The molecule has 0 aromatic heterocycles. The smallest absolute Gasteiger partial charge is 0.411 e. The van der Waals surface area contributed by atoms with E-state index >= 15 is 0 Å². The number of aromatic hydroxyl groups is 1. The summed E-state index contributed by atoms with van der Waals surface area (Å²) in [5.74, 6) is -1.51. The highest BCUT2D eigenvalue weighted by molar-refractivity contribution is 6.04. The van der Waals surface area contributed by atoms with Crippen LogP contribution in [0.25, 0.3) is 10.8 Å². The van der Waals surface area contributed by atoms with Crippen molar-refractivity contribution in [3.05, 3.63) is 77.9 Å². The average molecular weight is 433 g/mol. The second-order valence-corrected chi connectivity index (χ2v) is 7.95. The van der Waals surface area contributed by atoms with Gasteiger partial charge in [0.1, 0.15) is 12.4 Å². The van der Waals surface area contributed by atoms with E-state index in [4.69, 9.17) is 4.74 Å². The number of phenols is 1. The maximum atomic E-state index is 13.1. The first kappa shape index (κ1) is 21.4. The number of nitrogens with zero attached hydrogens (tertiary/aromatic N) is 1. The Morgan fingerprint density at radius 3 is 2.53 bits per heavy atom. The number of phenolic OH excluding ortho intramolecular Hbond substituents is 1. The molecule has 1 aliphatic heterocycles. The van der Waals surface area contributed by atoms with E-state index in [1.807, 2.05) is 30.3 Å². The van der Waals surface area contributed by atoms with Gasteiger partial charge in [-0.3, -0.25) is 9.69 Å². The molecule has 4 rings (SSSR count). The van der Waals surface area contributed by atoms with Crippen LogP contribution in [0.2, 0.25) is 0 Å². The third-order valence-corrected chi connectivity index (χ3v) is 5.94. The van der Waals surface area contributed by atoms with Gasteiger partial charge in [0, 0.05) is 23.9 Å². The summed E-state index contributed by atoms with van der Waals surface area (Å²) >= 11 is 0. The number of aliphatic carboxylic acids is 1. The molecule has 7 heteroatoms. The Labute approximate surface area is 184 Å². The minimum absolute atomic E-state index is 0.0218. The molecule has 3 aromatic carbocycles. The Hall–Kier alpha value is -3.87. The van der Waals surface area contributed by atoms with Crippen molar-refractivity contribution in [1.29, 1.82) is 0 Å². The number of hydrogen-bond donors (Lipinski definition) is 2. The van der Waals surface area contributed by atoms with Crippen molar-refractivity contribution in [3.63, 3.8) is 0 Å². The van der Waals surface area contributed by atoms with Crippen LogP contribution in [0.3, 0.4) is 0 Å². The summed E-state index contributed by atoms with van der Waals surface area (Å²) in [5.41, 5.74) is -0.539. The summed E-state index contributed by atoms with van der Waals surface area (Å²) in [7, 11) is 0. The van der Waals surface area contributed by atoms with Gasteiger partial charge in [-0.1, -0.05) is 48.5 Å². The van der Waals surface area contributed by atoms with E-state index < -0.39 is 17.6 Å². The minimum atomic E-state index is -1.65. The van der Waals surface area contributed by atoms with Gasteiger partial charge in [-0.2, -0.15) is 0 Å². The lowest BCUT2D eigenvalue weighted by atomic mass is 9.87. The molecule has 7 nitrogen and oxygen atoms in total. The van der Waals surface area contributed by atoms with Gasteiger partial charge in [-0.05, 0) is 42.0 Å². The van der Waals surface area contributed by atoms with E-state index in [1.165, 1.54) is 4.90 Å². The SMILES string of the molecule is O=C(C[C@]1(C(=O)O)CCCN1C(=O)OCc1ccccc1)c1ccc2c(O)cccc2c1. The number of carbonyl (C=O) groups is 3. The monoisotopic (exact) mass is 433 g/mol. The molecule has 164 valence electrons. The molecule has 3 aromatic rings. The number of carboxylic acids is 1. The lowest BCUT2D eigenvalue weighted by Crippen LogP contribution is -2.54. The summed E-state index contributed by atoms with van der Waals surface area (Å²) < 4.78 is 5.36. The molecule has 1 heterocycles. The Morgan fingerprint density at radius 2 is 1.78 bits per heavy atom. The van der Waals surface area contributed by atoms with E-state index in [0.29, 0.717) is 22.8 Å². The Morgan fingerprint density at radius 1 is 1.00 bits per heavy atom.